The van der Waals surface area contributed by atoms with Gasteiger partial charge in [0.1, 0.15) is 0 Å². The minimum Gasteiger partial charge on any atom is -0.356 e. The third-order valence-corrected chi connectivity index (χ3v) is 4.81. The molecule has 25 heavy (non-hydrogen) atoms. The van der Waals surface area contributed by atoms with Crippen molar-refractivity contribution in [3.05, 3.63) is 57.8 Å². The standard InChI is InChI=1S/C20H26N2O2S/c1-16-9-11-17(12-10-16)6-2-3-8-19(23)21-13-5-14-22-20(24)18-7-4-15-25-18/h4,7,9-12,15H,2-3,5-6,8,13-14H2,1H3,(H,21,23)(H,22,24). The van der Waals surface area contributed by atoms with Crippen LogP contribution in [0.25, 0.3) is 0 Å². The number of carbonyl (C=O) groups is 2. The van der Waals surface area contributed by atoms with Crippen LogP contribution in [0.1, 0.15) is 46.5 Å². The summed E-state index contributed by atoms with van der Waals surface area (Å²) >= 11 is 1.43. The first-order chi connectivity index (χ1) is 12.1. The largest absolute Gasteiger partial charge is 0.356 e. The molecule has 1 aromatic heterocycles. The van der Waals surface area contributed by atoms with Gasteiger partial charge < -0.3 is 10.6 Å². The predicted octanol–water partition coefficient (Wildman–Crippen LogP) is 3.71. The summed E-state index contributed by atoms with van der Waals surface area (Å²) in [5.41, 5.74) is 2.60. The molecule has 0 aliphatic heterocycles. The first-order valence-electron chi connectivity index (χ1n) is 8.79. The third kappa shape index (κ3) is 7.52. The maximum absolute atomic E-state index is 11.8. The Kier molecular flexibility index (Phi) is 8.19. The SMILES string of the molecule is Cc1ccc(CCCCC(=O)NCCCNC(=O)c2cccs2)cc1. The van der Waals surface area contributed by atoms with E-state index in [2.05, 4.69) is 41.8 Å². The summed E-state index contributed by atoms with van der Waals surface area (Å²) in [5.74, 6) is 0.0471. The van der Waals surface area contributed by atoms with E-state index in [0.29, 0.717) is 19.5 Å². The van der Waals surface area contributed by atoms with Crippen LogP contribution in [0.2, 0.25) is 0 Å². The number of rotatable bonds is 10. The highest BCUT2D eigenvalue weighted by atomic mass is 32.1. The molecule has 0 unspecified atom stereocenters. The smallest absolute Gasteiger partial charge is 0.261 e. The number of hydrogen-bond donors (Lipinski definition) is 2. The van der Waals surface area contributed by atoms with Gasteiger partial charge >= 0.3 is 0 Å². The molecule has 0 radical (unpaired) electrons. The van der Waals surface area contributed by atoms with Crippen LogP contribution in [0.15, 0.2) is 41.8 Å². The Labute approximate surface area is 153 Å². The van der Waals surface area contributed by atoms with Crippen LogP contribution >= 0.6 is 11.3 Å². The second kappa shape index (κ2) is 10.7. The minimum atomic E-state index is -0.0440. The fourth-order valence-corrected chi connectivity index (χ4v) is 3.11. The maximum Gasteiger partial charge on any atom is 0.261 e. The van der Waals surface area contributed by atoms with Crippen molar-refractivity contribution in [2.75, 3.05) is 13.1 Å². The number of carbonyl (C=O) groups excluding carboxylic acids is 2. The molecule has 5 heteroatoms. The first-order valence-corrected chi connectivity index (χ1v) is 9.67. The number of thiophene rings is 1. The second-order valence-electron chi connectivity index (χ2n) is 6.13. The highest BCUT2D eigenvalue weighted by Gasteiger charge is 2.05. The molecule has 2 amide bonds. The number of aryl methyl sites for hydroxylation is 2. The quantitative estimate of drug-likeness (QED) is 0.636. The normalized spacial score (nSPS) is 10.4. The zero-order chi connectivity index (χ0) is 17.9. The molecular weight excluding hydrogens is 332 g/mol. The first kappa shape index (κ1) is 19.2. The van der Waals surface area contributed by atoms with Crippen molar-refractivity contribution in [1.82, 2.24) is 10.6 Å². The van der Waals surface area contributed by atoms with E-state index in [-0.39, 0.29) is 11.8 Å². The predicted molar refractivity (Wildman–Crippen MR) is 103 cm³/mol. The van der Waals surface area contributed by atoms with E-state index in [4.69, 9.17) is 0 Å². The monoisotopic (exact) mass is 358 g/mol. The van der Waals surface area contributed by atoms with Crippen LogP contribution in [-0.2, 0) is 11.2 Å². The van der Waals surface area contributed by atoms with Crippen LogP contribution in [0.3, 0.4) is 0 Å². The lowest BCUT2D eigenvalue weighted by molar-refractivity contribution is -0.121. The highest BCUT2D eigenvalue weighted by Crippen LogP contribution is 2.09. The molecule has 2 rings (SSSR count). The Morgan fingerprint density at radius 1 is 0.960 bits per heavy atom. The van der Waals surface area contributed by atoms with Gasteiger partial charge in [0.05, 0.1) is 4.88 Å². The molecule has 0 saturated heterocycles. The van der Waals surface area contributed by atoms with E-state index in [9.17, 15) is 9.59 Å². The summed E-state index contributed by atoms with van der Waals surface area (Å²) < 4.78 is 0. The van der Waals surface area contributed by atoms with Crippen LogP contribution in [-0.4, -0.2) is 24.9 Å². The van der Waals surface area contributed by atoms with Crippen molar-refractivity contribution in [3.63, 3.8) is 0 Å². The lowest BCUT2D eigenvalue weighted by Gasteiger charge is -2.06. The van der Waals surface area contributed by atoms with Gasteiger partial charge in [0.25, 0.3) is 5.91 Å². The minimum absolute atomic E-state index is 0.0440. The van der Waals surface area contributed by atoms with Gasteiger partial charge in [-0.3, -0.25) is 9.59 Å². The van der Waals surface area contributed by atoms with E-state index in [1.54, 1.807) is 6.07 Å². The molecule has 0 aliphatic rings. The maximum atomic E-state index is 11.8. The summed E-state index contributed by atoms with van der Waals surface area (Å²) in [4.78, 5) is 24.2. The summed E-state index contributed by atoms with van der Waals surface area (Å²) in [6, 6.07) is 12.2. The number of amides is 2. The fraction of sp³-hybridized carbons (Fsp3) is 0.400. The molecule has 2 N–H and O–H groups in total. The lowest BCUT2D eigenvalue weighted by Crippen LogP contribution is -2.29. The van der Waals surface area contributed by atoms with Crippen molar-refractivity contribution in [3.8, 4) is 0 Å². The zero-order valence-corrected chi connectivity index (χ0v) is 15.5. The number of benzene rings is 1. The molecule has 1 heterocycles. The topological polar surface area (TPSA) is 58.2 Å². The van der Waals surface area contributed by atoms with Gasteiger partial charge in [-0.15, -0.1) is 11.3 Å². The highest BCUT2D eigenvalue weighted by molar-refractivity contribution is 7.12. The van der Waals surface area contributed by atoms with Crippen LogP contribution in [0.4, 0.5) is 0 Å². The van der Waals surface area contributed by atoms with Crippen molar-refractivity contribution in [1.29, 1.82) is 0 Å². The summed E-state index contributed by atoms with van der Waals surface area (Å²) in [7, 11) is 0. The number of unbranched alkanes of at least 4 members (excludes halogenated alkanes) is 1. The van der Waals surface area contributed by atoms with Crippen LogP contribution in [0, 0.1) is 6.92 Å². The number of hydrogen-bond acceptors (Lipinski definition) is 3. The summed E-state index contributed by atoms with van der Waals surface area (Å²) in [6.07, 6.45) is 4.24. The number of nitrogens with one attached hydrogen (secondary N) is 2. The molecule has 2 aromatic rings. The van der Waals surface area contributed by atoms with Crippen LogP contribution in [0.5, 0.6) is 0 Å². The Balaban J connectivity index is 1.47. The second-order valence-corrected chi connectivity index (χ2v) is 7.08. The van der Waals surface area contributed by atoms with E-state index in [1.165, 1.54) is 22.5 Å². The summed E-state index contributed by atoms with van der Waals surface area (Å²) in [6.45, 7) is 3.26. The summed E-state index contributed by atoms with van der Waals surface area (Å²) in [5, 5.41) is 7.65. The van der Waals surface area contributed by atoms with E-state index < -0.39 is 0 Å². The van der Waals surface area contributed by atoms with Gasteiger partial charge in [0.15, 0.2) is 0 Å². The zero-order valence-electron chi connectivity index (χ0n) is 14.7. The Morgan fingerprint density at radius 3 is 2.44 bits per heavy atom. The Morgan fingerprint density at radius 2 is 1.72 bits per heavy atom. The van der Waals surface area contributed by atoms with Gasteiger partial charge in [-0.05, 0) is 49.6 Å². The third-order valence-electron chi connectivity index (χ3n) is 3.95. The average molecular weight is 359 g/mol. The molecular formula is C20H26N2O2S. The van der Waals surface area contributed by atoms with Crippen molar-refractivity contribution < 1.29 is 9.59 Å². The lowest BCUT2D eigenvalue weighted by atomic mass is 10.1. The molecule has 1 aromatic carbocycles. The van der Waals surface area contributed by atoms with Gasteiger partial charge in [-0.1, -0.05) is 35.9 Å². The molecule has 134 valence electrons. The molecule has 0 bridgehead atoms. The van der Waals surface area contributed by atoms with E-state index >= 15 is 0 Å². The van der Waals surface area contributed by atoms with Gasteiger partial charge in [0, 0.05) is 19.5 Å². The van der Waals surface area contributed by atoms with Gasteiger partial charge in [-0.2, -0.15) is 0 Å². The molecule has 0 atom stereocenters. The Bertz CT molecular complexity index is 651. The Hall–Kier alpha value is -2.14. The van der Waals surface area contributed by atoms with Crippen LogP contribution < -0.4 is 10.6 Å². The van der Waals surface area contributed by atoms with Crippen molar-refractivity contribution in [2.45, 2.75) is 39.0 Å². The molecule has 4 nitrogen and oxygen atoms in total. The van der Waals surface area contributed by atoms with Gasteiger partial charge in [-0.25, -0.2) is 0 Å². The van der Waals surface area contributed by atoms with Gasteiger partial charge in [0.2, 0.25) is 5.91 Å². The average Bonchev–Trinajstić information content (AvgIpc) is 3.14. The van der Waals surface area contributed by atoms with Crippen molar-refractivity contribution >= 4 is 23.2 Å². The molecule has 0 aliphatic carbocycles. The van der Waals surface area contributed by atoms with E-state index in [1.807, 2.05) is 11.4 Å². The fourth-order valence-electron chi connectivity index (χ4n) is 2.47. The molecule has 0 spiro atoms. The van der Waals surface area contributed by atoms with Crippen molar-refractivity contribution in [2.24, 2.45) is 0 Å². The molecule has 0 fully saturated rings. The molecule has 0 saturated carbocycles. The van der Waals surface area contributed by atoms with E-state index in [0.717, 1.165) is 30.6 Å².